The molecular weight excluding hydrogens is 217 g/mol. The molecule has 0 fully saturated rings. The van der Waals surface area contributed by atoms with Gasteiger partial charge in [-0.1, -0.05) is 0 Å². The van der Waals surface area contributed by atoms with E-state index in [1.54, 1.807) is 18.3 Å². The quantitative estimate of drug-likeness (QED) is 0.860. The lowest BCUT2D eigenvalue weighted by atomic mass is 9.85. The lowest BCUT2D eigenvalue weighted by Gasteiger charge is -2.15. The first kappa shape index (κ1) is 11.3. The van der Waals surface area contributed by atoms with Crippen molar-refractivity contribution in [2.45, 2.75) is 19.3 Å². The lowest BCUT2D eigenvalue weighted by Crippen LogP contribution is -2.14. The van der Waals surface area contributed by atoms with Gasteiger partial charge in [0, 0.05) is 11.1 Å². The summed E-state index contributed by atoms with van der Waals surface area (Å²) >= 11 is 0. The summed E-state index contributed by atoms with van der Waals surface area (Å²) in [4.78, 5) is 0. The zero-order chi connectivity index (χ0) is 12.5. The van der Waals surface area contributed by atoms with Crippen molar-refractivity contribution in [2.24, 2.45) is 0 Å². The highest BCUT2D eigenvalue weighted by Gasteiger charge is 2.25. The number of nitriles is 1. The fourth-order valence-corrected chi connectivity index (χ4v) is 1.66. The largest absolute Gasteiger partial charge is 0.278 e. The number of aromatic nitrogens is 2. The van der Waals surface area contributed by atoms with Gasteiger partial charge in [-0.2, -0.15) is 10.4 Å². The predicted molar refractivity (Wildman–Crippen MR) is 62.6 cm³/mol. The summed E-state index contributed by atoms with van der Waals surface area (Å²) in [6, 6.07) is 8.34. The monoisotopic (exact) mass is 229 g/mol. The van der Waals surface area contributed by atoms with E-state index in [1.165, 1.54) is 12.1 Å². The standard InChI is InChI=1S/C13H12FN3/c1-13(2,8-15)11-7-16-17-12(11)9-3-5-10(14)6-4-9/h3-7H,1-2H3,(H,16,17). The Balaban J connectivity index is 2.52. The first-order valence-electron chi connectivity index (χ1n) is 5.25. The molecule has 0 saturated carbocycles. The first-order chi connectivity index (χ1) is 8.04. The molecule has 0 saturated heterocycles. The van der Waals surface area contributed by atoms with Crippen LogP contribution < -0.4 is 0 Å². The van der Waals surface area contributed by atoms with Gasteiger partial charge in [-0.3, -0.25) is 5.10 Å². The van der Waals surface area contributed by atoms with Crippen LogP contribution in [0.1, 0.15) is 19.4 Å². The number of nitrogens with one attached hydrogen (secondary N) is 1. The minimum Gasteiger partial charge on any atom is -0.278 e. The van der Waals surface area contributed by atoms with E-state index in [-0.39, 0.29) is 5.82 Å². The van der Waals surface area contributed by atoms with Gasteiger partial charge in [-0.25, -0.2) is 4.39 Å². The first-order valence-corrected chi connectivity index (χ1v) is 5.25. The predicted octanol–water partition coefficient (Wildman–Crippen LogP) is 3.02. The molecule has 0 aliphatic heterocycles. The molecule has 0 amide bonds. The number of aromatic amines is 1. The topological polar surface area (TPSA) is 52.5 Å². The highest BCUT2D eigenvalue weighted by Crippen LogP contribution is 2.30. The molecular formula is C13H12FN3. The van der Waals surface area contributed by atoms with E-state index in [4.69, 9.17) is 5.26 Å². The van der Waals surface area contributed by atoms with Crippen LogP contribution in [-0.4, -0.2) is 10.2 Å². The van der Waals surface area contributed by atoms with E-state index in [2.05, 4.69) is 16.3 Å². The van der Waals surface area contributed by atoms with E-state index < -0.39 is 5.41 Å². The van der Waals surface area contributed by atoms with Crippen molar-refractivity contribution in [1.82, 2.24) is 10.2 Å². The van der Waals surface area contributed by atoms with Crippen LogP contribution in [0.3, 0.4) is 0 Å². The molecule has 2 rings (SSSR count). The van der Waals surface area contributed by atoms with Crippen molar-refractivity contribution in [3.8, 4) is 17.3 Å². The second-order valence-electron chi connectivity index (χ2n) is 4.40. The Kier molecular flexibility index (Phi) is 2.68. The molecule has 0 aliphatic rings. The fourth-order valence-electron chi connectivity index (χ4n) is 1.66. The molecule has 0 bridgehead atoms. The second-order valence-corrected chi connectivity index (χ2v) is 4.40. The molecule has 0 spiro atoms. The van der Waals surface area contributed by atoms with E-state index in [0.717, 1.165) is 16.8 Å². The molecule has 1 aromatic carbocycles. The molecule has 3 nitrogen and oxygen atoms in total. The molecule has 1 heterocycles. The molecule has 17 heavy (non-hydrogen) atoms. The van der Waals surface area contributed by atoms with Crippen LogP contribution in [0.2, 0.25) is 0 Å². The summed E-state index contributed by atoms with van der Waals surface area (Å²) < 4.78 is 12.9. The van der Waals surface area contributed by atoms with Crippen molar-refractivity contribution in [2.75, 3.05) is 0 Å². The maximum absolute atomic E-state index is 12.9. The molecule has 2 aromatic rings. The molecule has 0 radical (unpaired) electrons. The highest BCUT2D eigenvalue weighted by atomic mass is 19.1. The molecule has 1 aromatic heterocycles. The Bertz CT molecular complexity index is 561. The minimum atomic E-state index is -0.628. The molecule has 0 aliphatic carbocycles. The van der Waals surface area contributed by atoms with Gasteiger partial charge in [0.25, 0.3) is 0 Å². The van der Waals surface area contributed by atoms with Crippen molar-refractivity contribution >= 4 is 0 Å². The number of rotatable bonds is 2. The number of halogens is 1. The molecule has 4 heteroatoms. The lowest BCUT2D eigenvalue weighted by molar-refractivity contribution is 0.628. The van der Waals surface area contributed by atoms with Crippen molar-refractivity contribution in [1.29, 1.82) is 5.26 Å². The minimum absolute atomic E-state index is 0.283. The van der Waals surface area contributed by atoms with Gasteiger partial charge >= 0.3 is 0 Å². The smallest absolute Gasteiger partial charge is 0.123 e. The summed E-state index contributed by atoms with van der Waals surface area (Å²) in [6.07, 6.45) is 1.64. The average molecular weight is 229 g/mol. The number of hydrogen-bond donors (Lipinski definition) is 1. The van der Waals surface area contributed by atoms with Crippen LogP contribution in [0, 0.1) is 17.1 Å². The van der Waals surface area contributed by atoms with Gasteiger partial charge in [-0.05, 0) is 38.1 Å². The summed E-state index contributed by atoms with van der Waals surface area (Å²) in [7, 11) is 0. The van der Waals surface area contributed by atoms with Crippen LogP contribution >= 0.6 is 0 Å². The number of benzene rings is 1. The van der Waals surface area contributed by atoms with Crippen LogP contribution in [0.4, 0.5) is 4.39 Å². The third-order valence-corrected chi connectivity index (χ3v) is 2.73. The zero-order valence-corrected chi connectivity index (χ0v) is 9.66. The Morgan fingerprint density at radius 2 is 1.94 bits per heavy atom. The van der Waals surface area contributed by atoms with E-state index in [9.17, 15) is 4.39 Å². The summed E-state index contributed by atoms with van der Waals surface area (Å²) in [6.45, 7) is 3.65. The summed E-state index contributed by atoms with van der Waals surface area (Å²) in [5.41, 5.74) is 1.77. The van der Waals surface area contributed by atoms with Gasteiger partial charge in [0.05, 0.1) is 23.4 Å². The van der Waals surface area contributed by atoms with Gasteiger partial charge in [0.15, 0.2) is 0 Å². The molecule has 1 N–H and O–H groups in total. The Morgan fingerprint density at radius 1 is 1.29 bits per heavy atom. The van der Waals surface area contributed by atoms with Crippen LogP contribution in [0.15, 0.2) is 30.5 Å². The van der Waals surface area contributed by atoms with Crippen molar-refractivity contribution in [3.63, 3.8) is 0 Å². The number of H-pyrrole nitrogens is 1. The van der Waals surface area contributed by atoms with E-state index >= 15 is 0 Å². The van der Waals surface area contributed by atoms with Gasteiger partial charge in [0.1, 0.15) is 5.82 Å². The summed E-state index contributed by atoms with van der Waals surface area (Å²) in [5.74, 6) is -0.283. The maximum Gasteiger partial charge on any atom is 0.123 e. The van der Waals surface area contributed by atoms with Gasteiger partial charge < -0.3 is 0 Å². The highest BCUT2D eigenvalue weighted by molar-refractivity contribution is 5.64. The fraction of sp³-hybridized carbons (Fsp3) is 0.231. The third-order valence-electron chi connectivity index (χ3n) is 2.73. The number of nitrogens with zero attached hydrogens (tertiary/aromatic N) is 2. The Labute approximate surface area is 98.9 Å². The second kappa shape index (κ2) is 4.02. The van der Waals surface area contributed by atoms with E-state index in [0.29, 0.717) is 0 Å². The van der Waals surface area contributed by atoms with Crippen molar-refractivity contribution in [3.05, 3.63) is 41.8 Å². The average Bonchev–Trinajstić information content (AvgIpc) is 2.80. The van der Waals surface area contributed by atoms with Crippen LogP contribution in [0.5, 0.6) is 0 Å². The van der Waals surface area contributed by atoms with Crippen molar-refractivity contribution < 1.29 is 4.39 Å². The normalized spacial score (nSPS) is 11.2. The van der Waals surface area contributed by atoms with Crippen LogP contribution in [-0.2, 0) is 5.41 Å². The zero-order valence-electron chi connectivity index (χ0n) is 9.66. The summed E-state index contributed by atoms with van der Waals surface area (Å²) in [5, 5.41) is 16.0. The van der Waals surface area contributed by atoms with Gasteiger partial charge in [-0.15, -0.1) is 0 Å². The SMILES string of the molecule is CC(C)(C#N)c1cn[nH]c1-c1ccc(F)cc1. The van der Waals surface area contributed by atoms with Gasteiger partial charge in [0.2, 0.25) is 0 Å². The van der Waals surface area contributed by atoms with E-state index in [1.807, 2.05) is 13.8 Å². The Morgan fingerprint density at radius 3 is 2.53 bits per heavy atom. The molecule has 0 atom stereocenters. The van der Waals surface area contributed by atoms with Crippen LogP contribution in [0.25, 0.3) is 11.3 Å². The number of hydrogen-bond acceptors (Lipinski definition) is 2. The third kappa shape index (κ3) is 2.04. The maximum atomic E-state index is 12.9. The molecule has 0 unspecified atom stereocenters. The Hall–Kier alpha value is -2.15. The molecule has 86 valence electrons.